The zero-order chi connectivity index (χ0) is 17.0. The number of benzene rings is 1. The SMILES string of the molecule is CCCC(C(=O)O)N1C(=O)C(=Cc2cccc(OC)c2)SC1=S. The first-order valence-electron chi connectivity index (χ1n) is 7.11. The fourth-order valence-corrected chi connectivity index (χ4v) is 3.62. The van der Waals surface area contributed by atoms with Crippen molar-refractivity contribution in [1.82, 2.24) is 4.90 Å². The molecule has 5 nitrogen and oxygen atoms in total. The number of hydrogen-bond donors (Lipinski definition) is 1. The molecule has 1 aliphatic rings. The van der Waals surface area contributed by atoms with Crippen LogP contribution in [0.4, 0.5) is 0 Å². The zero-order valence-corrected chi connectivity index (χ0v) is 14.4. The van der Waals surface area contributed by atoms with Crippen LogP contribution < -0.4 is 4.74 Å². The Balaban J connectivity index is 2.29. The summed E-state index contributed by atoms with van der Waals surface area (Å²) < 4.78 is 5.44. The summed E-state index contributed by atoms with van der Waals surface area (Å²) >= 11 is 6.33. The third-order valence-electron chi connectivity index (χ3n) is 3.37. The number of hydrogen-bond acceptors (Lipinski definition) is 5. The third kappa shape index (κ3) is 3.92. The second-order valence-corrected chi connectivity index (χ2v) is 6.65. The van der Waals surface area contributed by atoms with Crippen molar-refractivity contribution in [2.75, 3.05) is 7.11 Å². The highest BCUT2D eigenvalue weighted by Crippen LogP contribution is 2.35. The lowest BCUT2D eigenvalue weighted by atomic mass is 10.1. The zero-order valence-electron chi connectivity index (χ0n) is 12.8. The average Bonchev–Trinajstić information content (AvgIpc) is 2.79. The Morgan fingerprint density at radius 2 is 2.26 bits per heavy atom. The number of nitrogens with zero attached hydrogens (tertiary/aromatic N) is 1. The maximum atomic E-state index is 12.6. The summed E-state index contributed by atoms with van der Waals surface area (Å²) in [7, 11) is 1.57. The van der Waals surface area contributed by atoms with Gasteiger partial charge in [-0.3, -0.25) is 9.69 Å². The van der Waals surface area contributed by atoms with Crippen LogP contribution in [0.5, 0.6) is 5.75 Å². The summed E-state index contributed by atoms with van der Waals surface area (Å²) in [4.78, 5) is 25.6. The molecule has 0 radical (unpaired) electrons. The molecule has 1 atom stereocenters. The standard InChI is InChI=1S/C16H17NO4S2/c1-3-5-12(15(19)20)17-14(18)13(23-16(17)22)9-10-6-4-7-11(8-10)21-2/h4,6-9,12H,3,5H2,1-2H3,(H,19,20). The average molecular weight is 351 g/mol. The van der Waals surface area contributed by atoms with E-state index in [0.29, 0.717) is 23.5 Å². The fraction of sp³-hybridized carbons (Fsp3) is 0.312. The van der Waals surface area contributed by atoms with Crippen molar-refractivity contribution < 1.29 is 19.4 Å². The van der Waals surface area contributed by atoms with Crippen molar-refractivity contribution >= 4 is 46.3 Å². The van der Waals surface area contributed by atoms with Crippen LogP contribution in [0.3, 0.4) is 0 Å². The van der Waals surface area contributed by atoms with Gasteiger partial charge in [-0.05, 0) is 30.2 Å². The highest BCUT2D eigenvalue weighted by molar-refractivity contribution is 8.26. The number of carbonyl (C=O) groups excluding carboxylic acids is 1. The van der Waals surface area contributed by atoms with E-state index in [1.807, 2.05) is 25.1 Å². The van der Waals surface area contributed by atoms with E-state index in [-0.39, 0.29) is 10.2 Å². The molecule has 0 spiro atoms. The van der Waals surface area contributed by atoms with E-state index >= 15 is 0 Å². The van der Waals surface area contributed by atoms with Gasteiger partial charge in [0.05, 0.1) is 12.0 Å². The Labute approximate surface area is 144 Å². The molecule has 1 aliphatic heterocycles. The second kappa shape index (κ2) is 7.61. The first kappa shape index (κ1) is 17.5. The molecule has 1 N–H and O–H groups in total. The Bertz CT molecular complexity index is 672. The van der Waals surface area contributed by atoms with Gasteiger partial charge in [0.25, 0.3) is 5.91 Å². The van der Waals surface area contributed by atoms with Crippen LogP contribution in [0, 0.1) is 0 Å². The number of thiocarbonyl (C=S) groups is 1. The molecule has 1 aromatic carbocycles. The van der Waals surface area contributed by atoms with Crippen LogP contribution in [-0.4, -0.2) is 39.4 Å². The Morgan fingerprint density at radius 3 is 2.87 bits per heavy atom. The Hall–Kier alpha value is -1.86. The van der Waals surface area contributed by atoms with Crippen molar-refractivity contribution in [2.45, 2.75) is 25.8 Å². The van der Waals surface area contributed by atoms with Crippen LogP contribution in [-0.2, 0) is 9.59 Å². The van der Waals surface area contributed by atoms with Crippen molar-refractivity contribution in [3.05, 3.63) is 34.7 Å². The van der Waals surface area contributed by atoms with E-state index in [1.165, 1.54) is 4.90 Å². The smallest absolute Gasteiger partial charge is 0.326 e. The predicted octanol–water partition coefficient (Wildman–Crippen LogP) is 3.15. The molecule has 1 aromatic rings. The highest BCUT2D eigenvalue weighted by atomic mass is 32.2. The van der Waals surface area contributed by atoms with Gasteiger partial charge in [0.2, 0.25) is 0 Å². The molecule has 122 valence electrons. The van der Waals surface area contributed by atoms with Gasteiger partial charge < -0.3 is 9.84 Å². The molecule has 0 aromatic heterocycles. The maximum absolute atomic E-state index is 12.6. The molecule has 1 fully saturated rings. The molecular weight excluding hydrogens is 334 g/mol. The normalized spacial score (nSPS) is 17.7. The largest absolute Gasteiger partial charge is 0.497 e. The Morgan fingerprint density at radius 1 is 1.52 bits per heavy atom. The van der Waals surface area contributed by atoms with Gasteiger partial charge in [-0.25, -0.2) is 4.79 Å². The van der Waals surface area contributed by atoms with Gasteiger partial charge in [0.15, 0.2) is 0 Å². The number of carbonyl (C=O) groups is 2. The van der Waals surface area contributed by atoms with Crippen LogP contribution in [0.15, 0.2) is 29.2 Å². The summed E-state index contributed by atoms with van der Waals surface area (Å²) in [6.45, 7) is 1.87. The van der Waals surface area contributed by atoms with Gasteiger partial charge in [0, 0.05) is 0 Å². The Kier molecular flexibility index (Phi) is 5.79. The topological polar surface area (TPSA) is 66.8 Å². The van der Waals surface area contributed by atoms with E-state index in [9.17, 15) is 14.7 Å². The molecule has 2 rings (SSSR count). The molecule has 1 unspecified atom stereocenters. The molecule has 0 saturated carbocycles. The van der Waals surface area contributed by atoms with Crippen molar-refractivity contribution in [3.8, 4) is 5.75 Å². The van der Waals surface area contributed by atoms with Crippen molar-refractivity contribution in [2.24, 2.45) is 0 Å². The molecule has 1 amide bonds. The molecule has 7 heteroatoms. The van der Waals surface area contributed by atoms with Gasteiger partial charge >= 0.3 is 5.97 Å². The van der Waals surface area contributed by atoms with Gasteiger partial charge in [0.1, 0.15) is 16.1 Å². The van der Waals surface area contributed by atoms with E-state index in [0.717, 1.165) is 17.3 Å². The minimum atomic E-state index is -1.04. The van der Waals surface area contributed by atoms with Crippen molar-refractivity contribution in [1.29, 1.82) is 0 Å². The van der Waals surface area contributed by atoms with Crippen LogP contribution in [0.1, 0.15) is 25.3 Å². The monoisotopic (exact) mass is 351 g/mol. The lowest BCUT2D eigenvalue weighted by molar-refractivity contribution is -0.145. The number of carboxylic acid groups (broad SMARTS) is 1. The molecule has 1 heterocycles. The number of rotatable bonds is 6. The summed E-state index contributed by atoms with van der Waals surface area (Å²) in [6, 6.07) is 6.36. The molecule has 23 heavy (non-hydrogen) atoms. The number of amides is 1. The lowest BCUT2D eigenvalue weighted by Crippen LogP contribution is -2.43. The number of methoxy groups -OCH3 is 1. The number of aliphatic carboxylic acids is 1. The summed E-state index contributed by atoms with van der Waals surface area (Å²) in [5.74, 6) is -0.710. The predicted molar refractivity (Wildman–Crippen MR) is 94.3 cm³/mol. The third-order valence-corrected chi connectivity index (χ3v) is 4.70. The first-order valence-corrected chi connectivity index (χ1v) is 8.34. The lowest BCUT2D eigenvalue weighted by Gasteiger charge is -2.22. The molecule has 1 saturated heterocycles. The number of ether oxygens (including phenoxy) is 1. The summed E-state index contributed by atoms with van der Waals surface area (Å²) in [6.07, 6.45) is 2.73. The van der Waals surface area contributed by atoms with Gasteiger partial charge in [-0.1, -0.05) is 49.5 Å². The fourth-order valence-electron chi connectivity index (χ4n) is 2.27. The van der Waals surface area contributed by atoms with Crippen molar-refractivity contribution in [3.63, 3.8) is 0 Å². The highest BCUT2D eigenvalue weighted by Gasteiger charge is 2.39. The van der Waals surface area contributed by atoms with E-state index in [2.05, 4.69) is 0 Å². The first-order chi connectivity index (χ1) is 11.0. The quantitative estimate of drug-likeness (QED) is 0.627. The van der Waals surface area contributed by atoms with E-state index < -0.39 is 12.0 Å². The summed E-state index contributed by atoms with van der Waals surface area (Å²) in [5, 5.41) is 9.35. The number of thioether (sulfide) groups is 1. The molecule has 0 aliphatic carbocycles. The van der Waals surface area contributed by atoms with E-state index in [4.69, 9.17) is 17.0 Å². The molecular formula is C16H17NO4S2. The van der Waals surface area contributed by atoms with Gasteiger partial charge in [-0.2, -0.15) is 0 Å². The maximum Gasteiger partial charge on any atom is 0.326 e. The van der Waals surface area contributed by atoms with Crippen LogP contribution in [0.2, 0.25) is 0 Å². The summed E-state index contributed by atoms with van der Waals surface area (Å²) in [5.41, 5.74) is 0.798. The van der Waals surface area contributed by atoms with Gasteiger partial charge in [-0.15, -0.1) is 0 Å². The minimum absolute atomic E-state index is 0.282. The van der Waals surface area contributed by atoms with Crippen LogP contribution in [0.25, 0.3) is 6.08 Å². The number of carboxylic acids is 1. The van der Waals surface area contributed by atoms with E-state index in [1.54, 1.807) is 19.3 Å². The second-order valence-electron chi connectivity index (χ2n) is 4.97. The minimum Gasteiger partial charge on any atom is -0.497 e. The van der Waals surface area contributed by atoms with Crippen LogP contribution >= 0.6 is 24.0 Å². The molecule has 0 bridgehead atoms.